The summed E-state index contributed by atoms with van der Waals surface area (Å²) >= 11 is 0. The van der Waals surface area contributed by atoms with Gasteiger partial charge in [0.15, 0.2) is 5.78 Å². The van der Waals surface area contributed by atoms with Crippen LogP contribution in [0, 0.1) is 13.8 Å². The van der Waals surface area contributed by atoms with Gasteiger partial charge in [0.25, 0.3) is 0 Å². The van der Waals surface area contributed by atoms with E-state index in [1.165, 1.54) is 0 Å². The molecule has 1 fully saturated rings. The van der Waals surface area contributed by atoms with Crippen molar-refractivity contribution in [3.63, 3.8) is 0 Å². The van der Waals surface area contributed by atoms with Crippen LogP contribution in [0.2, 0.25) is 0 Å². The third-order valence-electron chi connectivity index (χ3n) is 6.75. The summed E-state index contributed by atoms with van der Waals surface area (Å²) in [6.45, 7) is 4.99. The highest BCUT2D eigenvalue weighted by Crippen LogP contribution is 2.40. The molecule has 0 atom stereocenters. The van der Waals surface area contributed by atoms with E-state index in [0.29, 0.717) is 35.3 Å². The summed E-state index contributed by atoms with van der Waals surface area (Å²) in [5.41, 5.74) is 4.04. The van der Waals surface area contributed by atoms with Crippen molar-refractivity contribution in [2.45, 2.75) is 32.2 Å². The number of amides is 2. The fraction of sp³-hybridized carbons (Fsp3) is 0.269. The number of piperidine rings is 1. The van der Waals surface area contributed by atoms with Crippen molar-refractivity contribution < 1.29 is 14.7 Å². The Morgan fingerprint density at radius 2 is 1.73 bits per heavy atom. The number of aromatic hydroxyl groups is 1. The number of phenols is 1. The number of anilines is 2. The van der Waals surface area contributed by atoms with Gasteiger partial charge in [0.1, 0.15) is 11.6 Å². The summed E-state index contributed by atoms with van der Waals surface area (Å²) in [6, 6.07) is 14.7. The van der Waals surface area contributed by atoms with Gasteiger partial charge in [-0.2, -0.15) is 0 Å². The van der Waals surface area contributed by atoms with E-state index in [2.05, 4.69) is 26.6 Å². The number of aromatic nitrogens is 1. The molecule has 7 nitrogen and oxygen atoms in total. The zero-order chi connectivity index (χ0) is 23.2. The number of fused-ring (bicyclic) bond motifs is 2. The van der Waals surface area contributed by atoms with Crippen molar-refractivity contribution in [1.29, 1.82) is 0 Å². The topological polar surface area (TPSA) is 94.6 Å². The van der Waals surface area contributed by atoms with E-state index in [4.69, 9.17) is 0 Å². The van der Waals surface area contributed by atoms with Crippen LogP contribution in [-0.2, 0) is 5.54 Å². The summed E-state index contributed by atoms with van der Waals surface area (Å²) < 4.78 is 0. The number of hydrogen-bond acceptors (Lipinski definition) is 5. The first kappa shape index (κ1) is 21.0. The van der Waals surface area contributed by atoms with Gasteiger partial charge in [0.2, 0.25) is 0 Å². The van der Waals surface area contributed by atoms with E-state index in [9.17, 15) is 14.7 Å². The van der Waals surface area contributed by atoms with Crippen molar-refractivity contribution in [1.82, 2.24) is 10.3 Å². The smallest absolute Gasteiger partial charge is 0.319 e. The van der Waals surface area contributed by atoms with Gasteiger partial charge >= 0.3 is 6.03 Å². The maximum Gasteiger partial charge on any atom is 0.319 e. The molecular weight excluding hydrogens is 416 g/mol. The van der Waals surface area contributed by atoms with Crippen LogP contribution >= 0.6 is 0 Å². The highest BCUT2D eigenvalue weighted by atomic mass is 16.3. The minimum atomic E-state index is -0.399. The molecule has 0 aliphatic carbocycles. The Labute approximate surface area is 192 Å². The van der Waals surface area contributed by atoms with E-state index in [1.54, 1.807) is 38.2 Å². The summed E-state index contributed by atoms with van der Waals surface area (Å²) in [7, 11) is 0. The molecule has 0 bridgehead atoms. The molecule has 1 saturated heterocycles. The molecule has 168 valence electrons. The zero-order valence-electron chi connectivity index (χ0n) is 18.7. The van der Waals surface area contributed by atoms with Crippen LogP contribution in [-0.4, -0.2) is 35.0 Å². The molecule has 1 aromatic heterocycles. The van der Waals surface area contributed by atoms with Gasteiger partial charge < -0.3 is 20.6 Å². The van der Waals surface area contributed by atoms with Crippen molar-refractivity contribution in [3.8, 4) is 5.75 Å². The third kappa shape index (κ3) is 3.69. The van der Waals surface area contributed by atoms with E-state index < -0.39 is 5.54 Å². The second kappa shape index (κ2) is 7.92. The van der Waals surface area contributed by atoms with Gasteiger partial charge in [-0.1, -0.05) is 18.2 Å². The normalized spacial score (nSPS) is 16.7. The standard InChI is InChI=1S/C26H26N4O3/c1-16-13-19(14-17(2)23(16)31)24(32)18-7-10-27-22(15-18)30-11-8-26(9-12-30)20-5-3-4-6-21(20)28-25(33)29-26/h3-7,10,13-15,31H,8-9,11-12H2,1-2H3,(H2,28,29,33). The number of benzene rings is 2. The molecule has 0 saturated carbocycles. The Morgan fingerprint density at radius 1 is 1.03 bits per heavy atom. The van der Waals surface area contributed by atoms with Crippen LogP contribution in [0.4, 0.5) is 16.3 Å². The van der Waals surface area contributed by atoms with Crippen molar-refractivity contribution in [3.05, 3.63) is 82.5 Å². The first-order valence-corrected chi connectivity index (χ1v) is 11.1. The number of nitrogens with zero attached hydrogens (tertiary/aromatic N) is 2. The molecule has 0 unspecified atom stereocenters. The minimum absolute atomic E-state index is 0.0992. The number of urea groups is 1. The zero-order valence-corrected chi connectivity index (χ0v) is 18.7. The van der Waals surface area contributed by atoms with Crippen molar-refractivity contribution in [2.75, 3.05) is 23.3 Å². The Balaban J connectivity index is 1.37. The number of pyridine rings is 1. The quantitative estimate of drug-likeness (QED) is 0.527. The molecule has 2 aromatic carbocycles. The van der Waals surface area contributed by atoms with Crippen LogP contribution in [0.3, 0.4) is 0 Å². The molecule has 2 aliphatic rings. The third-order valence-corrected chi connectivity index (χ3v) is 6.75. The van der Waals surface area contributed by atoms with Gasteiger partial charge in [-0.3, -0.25) is 4.79 Å². The molecule has 3 N–H and O–H groups in total. The van der Waals surface area contributed by atoms with E-state index in [1.807, 2.05) is 24.3 Å². The molecule has 5 rings (SSSR count). The maximum atomic E-state index is 13.1. The predicted octanol–water partition coefficient (Wildman–Crippen LogP) is 4.27. The van der Waals surface area contributed by atoms with Gasteiger partial charge in [0, 0.05) is 41.7 Å². The molecule has 0 radical (unpaired) electrons. The Morgan fingerprint density at radius 3 is 2.45 bits per heavy atom. The molecule has 2 amide bonds. The maximum absolute atomic E-state index is 13.1. The predicted molar refractivity (Wildman–Crippen MR) is 127 cm³/mol. The first-order chi connectivity index (χ1) is 15.9. The minimum Gasteiger partial charge on any atom is -0.507 e. The average molecular weight is 443 g/mol. The Hall–Kier alpha value is -3.87. The van der Waals surface area contributed by atoms with Gasteiger partial charge in [0.05, 0.1) is 5.54 Å². The number of carbonyl (C=O) groups is 2. The molecular formula is C26H26N4O3. The van der Waals surface area contributed by atoms with Crippen LogP contribution < -0.4 is 15.5 Å². The summed E-state index contributed by atoms with van der Waals surface area (Å²) in [5, 5.41) is 16.1. The lowest BCUT2D eigenvalue weighted by molar-refractivity contribution is 0.103. The molecule has 1 spiro atoms. The van der Waals surface area contributed by atoms with E-state index >= 15 is 0 Å². The summed E-state index contributed by atoms with van der Waals surface area (Å²) in [6.07, 6.45) is 3.15. The number of para-hydroxylation sites is 1. The van der Waals surface area contributed by atoms with E-state index in [0.717, 1.165) is 29.9 Å². The van der Waals surface area contributed by atoms with Crippen LogP contribution in [0.25, 0.3) is 0 Å². The number of ketones is 1. The molecule has 3 heterocycles. The number of nitrogens with one attached hydrogen (secondary N) is 2. The van der Waals surface area contributed by atoms with Gasteiger partial charge in [-0.15, -0.1) is 0 Å². The van der Waals surface area contributed by atoms with Gasteiger partial charge in [-0.25, -0.2) is 9.78 Å². The number of carbonyl (C=O) groups excluding carboxylic acids is 2. The van der Waals surface area contributed by atoms with Crippen molar-refractivity contribution >= 4 is 23.3 Å². The fourth-order valence-corrected chi connectivity index (χ4v) is 4.95. The average Bonchev–Trinajstić information content (AvgIpc) is 2.82. The summed E-state index contributed by atoms with van der Waals surface area (Å²) in [5.74, 6) is 0.866. The number of aryl methyl sites for hydroxylation is 2. The fourth-order valence-electron chi connectivity index (χ4n) is 4.95. The van der Waals surface area contributed by atoms with Crippen LogP contribution in [0.1, 0.15) is 45.5 Å². The van der Waals surface area contributed by atoms with E-state index in [-0.39, 0.29) is 17.6 Å². The number of phenolic OH excluding ortho intramolecular Hbond substituents is 1. The Kier molecular flexibility index (Phi) is 5.04. The summed E-state index contributed by atoms with van der Waals surface area (Å²) in [4.78, 5) is 32.1. The molecule has 2 aliphatic heterocycles. The van der Waals surface area contributed by atoms with Crippen LogP contribution in [0.5, 0.6) is 5.75 Å². The molecule has 3 aromatic rings. The van der Waals surface area contributed by atoms with Crippen LogP contribution in [0.15, 0.2) is 54.7 Å². The van der Waals surface area contributed by atoms with Crippen molar-refractivity contribution in [2.24, 2.45) is 0 Å². The van der Waals surface area contributed by atoms with Gasteiger partial charge in [-0.05, 0) is 68.1 Å². The second-order valence-electron chi connectivity index (χ2n) is 8.88. The second-order valence-corrected chi connectivity index (χ2v) is 8.88. The lowest BCUT2D eigenvalue weighted by Crippen LogP contribution is -2.57. The molecule has 33 heavy (non-hydrogen) atoms. The number of hydrogen-bond donors (Lipinski definition) is 3. The lowest BCUT2D eigenvalue weighted by atomic mass is 9.79. The first-order valence-electron chi connectivity index (χ1n) is 11.1. The SMILES string of the molecule is Cc1cc(C(=O)c2ccnc(N3CCC4(CC3)NC(=O)Nc3ccccc34)c2)cc(C)c1O. The Bertz CT molecular complexity index is 1240. The highest BCUT2D eigenvalue weighted by molar-refractivity contribution is 6.09. The largest absolute Gasteiger partial charge is 0.507 e. The number of rotatable bonds is 3. The highest BCUT2D eigenvalue weighted by Gasteiger charge is 2.42. The molecule has 7 heteroatoms. The lowest BCUT2D eigenvalue weighted by Gasteiger charge is -2.45. The monoisotopic (exact) mass is 442 g/mol.